The molecule has 180 valence electrons. The van der Waals surface area contributed by atoms with Crippen LogP contribution in [0.5, 0.6) is 0 Å². The summed E-state index contributed by atoms with van der Waals surface area (Å²) < 4.78 is 2.11. The molecule has 2 heterocycles. The maximum atomic E-state index is 10.8. The lowest BCUT2D eigenvalue weighted by atomic mass is 10.0. The van der Waals surface area contributed by atoms with Gasteiger partial charge in [-0.25, -0.2) is 9.97 Å². The lowest BCUT2D eigenvalue weighted by Crippen LogP contribution is -2.20. The molecule has 8 heteroatoms. The first kappa shape index (κ1) is 26.8. The Kier molecular flexibility index (Phi) is 13.0. The maximum Gasteiger partial charge on any atom is 0.225 e. The molecule has 2 aromatic rings. The highest BCUT2D eigenvalue weighted by molar-refractivity contribution is 6.35. The van der Waals surface area contributed by atoms with Gasteiger partial charge in [-0.2, -0.15) is 4.98 Å². The summed E-state index contributed by atoms with van der Waals surface area (Å²) in [4.78, 5) is 23.5. The summed E-state index contributed by atoms with van der Waals surface area (Å²) in [5.74, 6) is 0.985. The number of nitrogens with one attached hydrogen (secondary N) is 1. The zero-order valence-electron chi connectivity index (χ0n) is 19.8. The van der Waals surface area contributed by atoms with Gasteiger partial charge in [0.1, 0.15) is 11.3 Å². The van der Waals surface area contributed by atoms with Crippen LogP contribution in [0.25, 0.3) is 11.2 Å². The van der Waals surface area contributed by atoms with Crippen molar-refractivity contribution >= 4 is 40.3 Å². The Balaban J connectivity index is 1.42. The Morgan fingerprint density at radius 3 is 1.81 bits per heavy atom. The van der Waals surface area contributed by atoms with Crippen LogP contribution in [0.2, 0.25) is 10.4 Å². The van der Waals surface area contributed by atoms with E-state index in [2.05, 4.69) is 24.8 Å². The van der Waals surface area contributed by atoms with Crippen LogP contribution in [0.3, 0.4) is 0 Å². The van der Waals surface area contributed by atoms with Gasteiger partial charge in [-0.15, -0.1) is 0 Å². The quantitative estimate of drug-likeness (QED) is 0.148. The van der Waals surface area contributed by atoms with Crippen LogP contribution in [0.15, 0.2) is 0 Å². The summed E-state index contributed by atoms with van der Waals surface area (Å²) in [6.45, 7) is 5.27. The van der Waals surface area contributed by atoms with Crippen LogP contribution in [-0.2, 0) is 11.3 Å². The molecule has 6 nitrogen and oxygen atoms in total. The fourth-order valence-electron chi connectivity index (χ4n) is 4.13. The van der Waals surface area contributed by atoms with Crippen molar-refractivity contribution in [2.45, 2.75) is 110 Å². The first-order chi connectivity index (χ1) is 15.5. The average molecular weight is 485 g/mol. The first-order valence-corrected chi connectivity index (χ1v) is 13.0. The molecule has 0 aliphatic heterocycles. The van der Waals surface area contributed by atoms with Crippen molar-refractivity contribution in [1.29, 1.82) is 0 Å². The van der Waals surface area contributed by atoms with Gasteiger partial charge in [0.15, 0.2) is 10.8 Å². The number of imidazole rings is 1. The Bertz CT molecular complexity index is 824. The standard InChI is InChI=1S/C24H39Cl2N5O/c1-19-28-23-21(22(25)29-24(26)30-23)31(19)18-16-14-12-10-8-6-4-3-5-7-9-11-13-15-17-27-20(2)32/h3-18H2,1-2H3,(H,27,32). The number of hydrogen-bond donors (Lipinski definition) is 1. The van der Waals surface area contributed by atoms with E-state index in [-0.39, 0.29) is 11.2 Å². The summed E-state index contributed by atoms with van der Waals surface area (Å²) >= 11 is 12.1. The number of carbonyl (C=O) groups excluding carboxylic acids is 1. The Hall–Kier alpha value is -1.40. The van der Waals surface area contributed by atoms with Crippen LogP contribution in [-0.4, -0.2) is 32.0 Å². The molecule has 0 saturated heterocycles. The third kappa shape index (κ3) is 10.0. The SMILES string of the molecule is CC(=O)NCCCCCCCCCCCCCCCCn1c(C)nc2nc(Cl)nc(Cl)c21. The van der Waals surface area contributed by atoms with E-state index in [0.717, 1.165) is 37.3 Å². The van der Waals surface area contributed by atoms with Gasteiger partial charge in [0, 0.05) is 20.0 Å². The highest BCUT2D eigenvalue weighted by Crippen LogP contribution is 2.24. The zero-order chi connectivity index (χ0) is 23.2. The molecule has 0 fully saturated rings. The Morgan fingerprint density at radius 1 is 0.781 bits per heavy atom. The van der Waals surface area contributed by atoms with Gasteiger partial charge in [0.25, 0.3) is 0 Å². The van der Waals surface area contributed by atoms with Crippen molar-refractivity contribution < 1.29 is 4.79 Å². The summed E-state index contributed by atoms with van der Waals surface area (Å²) in [6.07, 6.45) is 18.0. The largest absolute Gasteiger partial charge is 0.356 e. The molecule has 0 spiro atoms. The van der Waals surface area contributed by atoms with E-state index < -0.39 is 0 Å². The number of unbranched alkanes of at least 4 members (excludes halogenated alkanes) is 13. The summed E-state index contributed by atoms with van der Waals surface area (Å²) in [7, 11) is 0. The second-order valence-electron chi connectivity index (χ2n) is 8.70. The van der Waals surface area contributed by atoms with Crippen molar-refractivity contribution in [3.05, 3.63) is 16.3 Å². The van der Waals surface area contributed by atoms with E-state index in [1.54, 1.807) is 6.92 Å². The van der Waals surface area contributed by atoms with Crippen LogP contribution in [0.1, 0.15) is 103 Å². The lowest BCUT2D eigenvalue weighted by molar-refractivity contribution is -0.118. The van der Waals surface area contributed by atoms with Gasteiger partial charge in [0.05, 0.1) is 0 Å². The predicted molar refractivity (Wildman–Crippen MR) is 133 cm³/mol. The van der Waals surface area contributed by atoms with Crippen LogP contribution < -0.4 is 5.32 Å². The molecule has 0 aromatic carbocycles. The van der Waals surface area contributed by atoms with Crippen molar-refractivity contribution in [2.24, 2.45) is 0 Å². The number of fused-ring (bicyclic) bond motifs is 1. The maximum absolute atomic E-state index is 10.8. The van der Waals surface area contributed by atoms with E-state index in [1.165, 1.54) is 77.0 Å². The molecule has 2 aromatic heterocycles. The van der Waals surface area contributed by atoms with E-state index >= 15 is 0 Å². The minimum Gasteiger partial charge on any atom is -0.356 e. The topological polar surface area (TPSA) is 72.7 Å². The van der Waals surface area contributed by atoms with E-state index in [4.69, 9.17) is 23.2 Å². The molecule has 0 unspecified atom stereocenters. The number of aryl methyl sites for hydroxylation is 2. The summed E-state index contributed by atoms with van der Waals surface area (Å²) in [5.41, 5.74) is 1.37. The minimum absolute atomic E-state index is 0.0790. The monoisotopic (exact) mass is 483 g/mol. The molecule has 0 bridgehead atoms. The molecule has 32 heavy (non-hydrogen) atoms. The van der Waals surface area contributed by atoms with Gasteiger partial charge in [-0.1, -0.05) is 88.7 Å². The summed E-state index contributed by atoms with van der Waals surface area (Å²) in [6, 6.07) is 0. The molecular weight excluding hydrogens is 445 g/mol. The molecule has 1 N–H and O–H groups in total. The van der Waals surface area contributed by atoms with Gasteiger partial charge in [-0.05, 0) is 31.4 Å². The fourth-order valence-corrected chi connectivity index (χ4v) is 4.61. The van der Waals surface area contributed by atoms with E-state index in [9.17, 15) is 4.79 Å². The molecular formula is C24H39Cl2N5O. The molecule has 2 rings (SSSR count). The van der Waals surface area contributed by atoms with Crippen molar-refractivity contribution in [1.82, 2.24) is 24.8 Å². The number of rotatable bonds is 17. The molecule has 0 radical (unpaired) electrons. The van der Waals surface area contributed by atoms with Crippen molar-refractivity contribution in [3.63, 3.8) is 0 Å². The van der Waals surface area contributed by atoms with Gasteiger partial charge < -0.3 is 9.88 Å². The fraction of sp³-hybridized carbons (Fsp3) is 0.750. The number of hydrogen-bond acceptors (Lipinski definition) is 4. The third-order valence-electron chi connectivity index (χ3n) is 5.91. The molecule has 1 amide bonds. The highest BCUT2D eigenvalue weighted by atomic mass is 35.5. The average Bonchev–Trinajstić information content (AvgIpc) is 3.05. The Morgan fingerprint density at radius 2 is 1.28 bits per heavy atom. The molecule has 0 aliphatic rings. The van der Waals surface area contributed by atoms with Crippen LogP contribution >= 0.6 is 23.2 Å². The van der Waals surface area contributed by atoms with Crippen molar-refractivity contribution in [3.8, 4) is 0 Å². The second-order valence-corrected chi connectivity index (χ2v) is 9.40. The normalized spacial score (nSPS) is 11.4. The first-order valence-electron chi connectivity index (χ1n) is 12.3. The van der Waals surface area contributed by atoms with Crippen molar-refractivity contribution in [2.75, 3.05) is 6.54 Å². The van der Waals surface area contributed by atoms with E-state index in [1.807, 2.05) is 6.92 Å². The predicted octanol–water partition coefficient (Wildman–Crippen LogP) is 7.04. The van der Waals surface area contributed by atoms with E-state index in [0.29, 0.717) is 10.8 Å². The van der Waals surface area contributed by atoms with Crippen LogP contribution in [0.4, 0.5) is 0 Å². The smallest absolute Gasteiger partial charge is 0.225 e. The number of carbonyl (C=O) groups is 1. The number of halogens is 2. The highest BCUT2D eigenvalue weighted by Gasteiger charge is 2.14. The number of aromatic nitrogens is 4. The van der Waals surface area contributed by atoms with Gasteiger partial charge in [0.2, 0.25) is 11.2 Å². The molecule has 0 atom stereocenters. The number of amides is 1. The zero-order valence-corrected chi connectivity index (χ0v) is 21.3. The minimum atomic E-state index is 0.0790. The van der Waals surface area contributed by atoms with Gasteiger partial charge >= 0.3 is 0 Å². The summed E-state index contributed by atoms with van der Waals surface area (Å²) in [5, 5.41) is 3.37. The molecule has 0 saturated carbocycles. The third-order valence-corrected chi connectivity index (χ3v) is 6.34. The number of nitrogens with zero attached hydrogens (tertiary/aromatic N) is 4. The van der Waals surface area contributed by atoms with Crippen LogP contribution in [0, 0.1) is 6.92 Å². The lowest BCUT2D eigenvalue weighted by Gasteiger charge is -2.07. The van der Waals surface area contributed by atoms with Gasteiger partial charge in [-0.3, -0.25) is 4.79 Å². The Labute approximate surface area is 202 Å². The molecule has 0 aliphatic carbocycles. The second kappa shape index (κ2) is 15.4.